The van der Waals surface area contributed by atoms with E-state index in [0.29, 0.717) is 31.9 Å². The number of ether oxygens (including phenoxy) is 3. The number of amides is 2. The topological polar surface area (TPSA) is 123 Å². The number of sulfonamides is 1. The molecule has 1 unspecified atom stereocenters. The lowest BCUT2D eigenvalue weighted by Crippen LogP contribution is -2.35. The summed E-state index contributed by atoms with van der Waals surface area (Å²) >= 11 is 0. The minimum atomic E-state index is -3.49. The molecule has 0 saturated carbocycles. The smallest absolute Gasteiger partial charge is 0.407 e. The quantitative estimate of drug-likeness (QED) is 0.421. The molecule has 1 heterocycles. The Kier molecular flexibility index (Phi) is 10.5. The van der Waals surface area contributed by atoms with E-state index in [2.05, 4.69) is 10.6 Å². The summed E-state index contributed by atoms with van der Waals surface area (Å²) in [5, 5.41) is 5.38. The first-order chi connectivity index (χ1) is 16.0. The maximum atomic E-state index is 12.7. The predicted octanol–water partition coefficient (Wildman–Crippen LogP) is 1.60. The van der Waals surface area contributed by atoms with Crippen molar-refractivity contribution in [3.63, 3.8) is 0 Å². The van der Waals surface area contributed by atoms with E-state index in [1.165, 1.54) is 4.31 Å². The van der Waals surface area contributed by atoms with Crippen molar-refractivity contribution in [3.8, 4) is 0 Å². The van der Waals surface area contributed by atoms with Gasteiger partial charge in [0.15, 0.2) is 0 Å². The first-order valence-electron chi connectivity index (χ1n) is 11.1. The van der Waals surface area contributed by atoms with Gasteiger partial charge in [0.1, 0.15) is 5.60 Å². The van der Waals surface area contributed by atoms with Gasteiger partial charge >= 0.3 is 6.09 Å². The Labute approximate surface area is 201 Å². The predicted molar refractivity (Wildman–Crippen MR) is 128 cm³/mol. The maximum Gasteiger partial charge on any atom is 0.407 e. The van der Waals surface area contributed by atoms with Crippen LogP contribution in [0.2, 0.25) is 0 Å². The van der Waals surface area contributed by atoms with Crippen molar-refractivity contribution >= 4 is 22.0 Å². The Morgan fingerprint density at radius 2 is 1.59 bits per heavy atom. The lowest BCUT2D eigenvalue weighted by molar-refractivity contribution is -0.118. The van der Waals surface area contributed by atoms with E-state index in [4.69, 9.17) is 14.2 Å². The summed E-state index contributed by atoms with van der Waals surface area (Å²) in [6.45, 7) is 7.41. The maximum absolute atomic E-state index is 12.7. The normalized spacial score (nSPS) is 16.7. The first-order valence-corrected chi connectivity index (χ1v) is 13.0. The van der Waals surface area contributed by atoms with E-state index in [9.17, 15) is 18.0 Å². The lowest BCUT2D eigenvalue weighted by atomic mass is 10.0. The number of hydrogen-bond acceptors (Lipinski definition) is 7. The summed E-state index contributed by atoms with van der Waals surface area (Å²) in [4.78, 5) is 24.2. The summed E-state index contributed by atoms with van der Waals surface area (Å²) in [7, 11) is -3.49. The van der Waals surface area contributed by atoms with Crippen LogP contribution in [0.15, 0.2) is 42.0 Å². The molecule has 1 aromatic rings. The van der Waals surface area contributed by atoms with Gasteiger partial charge in [-0.05, 0) is 26.3 Å². The number of rotatable bonds is 12. The third kappa shape index (κ3) is 9.41. The van der Waals surface area contributed by atoms with E-state index in [-0.39, 0.29) is 25.6 Å². The molecule has 10 nitrogen and oxygen atoms in total. The van der Waals surface area contributed by atoms with Gasteiger partial charge in [-0.1, -0.05) is 36.4 Å². The second-order valence-corrected chi connectivity index (χ2v) is 10.6. The van der Waals surface area contributed by atoms with Gasteiger partial charge in [0.2, 0.25) is 15.9 Å². The summed E-state index contributed by atoms with van der Waals surface area (Å²) in [5.74, 6) is -0.326. The molecule has 1 aromatic carbocycles. The van der Waals surface area contributed by atoms with Crippen LogP contribution in [0.1, 0.15) is 32.4 Å². The monoisotopic (exact) mass is 497 g/mol. The molecule has 2 N–H and O–H groups in total. The van der Waals surface area contributed by atoms with E-state index in [0.717, 1.165) is 11.8 Å². The highest BCUT2D eigenvalue weighted by Crippen LogP contribution is 2.35. The molecular weight excluding hydrogens is 462 g/mol. The average Bonchev–Trinajstić information content (AvgIpc) is 3.20. The van der Waals surface area contributed by atoms with Crippen molar-refractivity contribution in [2.24, 2.45) is 0 Å². The largest absolute Gasteiger partial charge is 0.444 e. The minimum Gasteiger partial charge on any atom is -0.444 e. The Morgan fingerprint density at radius 1 is 1.00 bits per heavy atom. The number of carbonyl (C=O) groups excluding carboxylic acids is 2. The molecule has 34 heavy (non-hydrogen) atoms. The molecular formula is C23H35N3O7S. The van der Waals surface area contributed by atoms with Crippen LogP contribution in [-0.4, -0.2) is 82.6 Å². The van der Waals surface area contributed by atoms with E-state index in [1.54, 1.807) is 39.0 Å². The molecule has 1 aliphatic rings. The van der Waals surface area contributed by atoms with Crippen LogP contribution in [0.25, 0.3) is 0 Å². The molecule has 0 bridgehead atoms. The fourth-order valence-electron chi connectivity index (χ4n) is 3.29. The zero-order chi connectivity index (χ0) is 25.2. The molecule has 0 aromatic heterocycles. The molecule has 0 aliphatic carbocycles. The van der Waals surface area contributed by atoms with Crippen LogP contribution in [-0.2, 0) is 29.0 Å². The van der Waals surface area contributed by atoms with E-state index < -0.39 is 27.8 Å². The summed E-state index contributed by atoms with van der Waals surface area (Å²) in [6, 6.07) is 8.42. The van der Waals surface area contributed by atoms with Crippen LogP contribution in [0, 0.1) is 0 Å². The van der Waals surface area contributed by atoms with Crippen LogP contribution < -0.4 is 10.6 Å². The number of carbonyl (C=O) groups is 2. The summed E-state index contributed by atoms with van der Waals surface area (Å²) in [6.07, 6.45) is 2.30. The van der Waals surface area contributed by atoms with Crippen molar-refractivity contribution in [3.05, 3.63) is 47.5 Å². The summed E-state index contributed by atoms with van der Waals surface area (Å²) < 4.78 is 41.7. The molecule has 0 fully saturated rings. The molecule has 11 heteroatoms. The number of benzene rings is 1. The van der Waals surface area contributed by atoms with Crippen LogP contribution in [0.4, 0.5) is 4.79 Å². The molecule has 2 rings (SSSR count). The van der Waals surface area contributed by atoms with Crippen molar-refractivity contribution < 1.29 is 32.2 Å². The highest BCUT2D eigenvalue weighted by atomic mass is 32.2. The van der Waals surface area contributed by atoms with Gasteiger partial charge < -0.3 is 24.8 Å². The van der Waals surface area contributed by atoms with Gasteiger partial charge in [-0.3, -0.25) is 4.79 Å². The minimum absolute atomic E-state index is 0.151. The van der Waals surface area contributed by atoms with Crippen LogP contribution >= 0.6 is 0 Å². The number of nitrogens with zero attached hydrogens (tertiary/aromatic N) is 1. The Hall–Kier alpha value is -2.47. The number of nitrogens with one attached hydrogen (secondary N) is 2. The highest BCUT2D eigenvalue weighted by Gasteiger charge is 2.37. The second-order valence-electron chi connectivity index (χ2n) is 8.71. The first kappa shape index (κ1) is 27.8. The van der Waals surface area contributed by atoms with Gasteiger partial charge in [-0.2, -0.15) is 4.31 Å². The standard InChI is InChI=1S/C23H35N3O7S/c1-23(2,3)33-22(28)25-12-15-32-17-16-31-14-11-24-21(27)19-10-13-26(34(4,29)30)20(19)18-8-6-5-7-9-18/h5-10,20H,11-17H2,1-4H3,(H,24,27)(H,25,28). The molecule has 0 spiro atoms. The zero-order valence-corrected chi connectivity index (χ0v) is 21.0. The van der Waals surface area contributed by atoms with Gasteiger partial charge in [-0.25, -0.2) is 13.2 Å². The fourth-order valence-corrected chi connectivity index (χ4v) is 4.25. The fraction of sp³-hybridized carbons (Fsp3) is 0.565. The molecule has 1 aliphatic heterocycles. The Morgan fingerprint density at radius 3 is 2.15 bits per heavy atom. The average molecular weight is 498 g/mol. The van der Waals surface area contributed by atoms with Crippen LogP contribution in [0.5, 0.6) is 0 Å². The molecule has 1 atom stereocenters. The third-order valence-corrected chi connectivity index (χ3v) is 5.91. The van der Waals surface area contributed by atoms with E-state index in [1.807, 2.05) is 18.2 Å². The van der Waals surface area contributed by atoms with Crippen molar-refractivity contribution in [2.45, 2.75) is 32.4 Å². The van der Waals surface area contributed by atoms with Crippen LogP contribution in [0.3, 0.4) is 0 Å². The molecule has 0 radical (unpaired) electrons. The molecule has 2 amide bonds. The number of alkyl carbamates (subject to hydrolysis) is 1. The van der Waals surface area contributed by atoms with Gasteiger partial charge in [0.05, 0.1) is 38.7 Å². The van der Waals surface area contributed by atoms with Gasteiger partial charge in [0, 0.05) is 25.2 Å². The van der Waals surface area contributed by atoms with Gasteiger partial charge in [0.25, 0.3) is 0 Å². The third-order valence-electron chi connectivity index (χ3n) is 4.70. The van der Waals surface area contributed by atoms with Crippen molar-refractivity contribution in [1.82, 2.24) is 14.9 Å². The zero-order valence-electron chi connectivity index (χ0n) is 20.2. The SMILES string of the molecule is CC(C)(C)OC(=O)NCCOCCOCCNC(=O)C1=CCN(S(C)(=O)=O)C1c1ccccc1. The molecule has 190 valence electrons. The Bertz CT molecular complexity index is 943. The number of hydrogen-bond donors (Lipinski definition) is 2. The van der Waals surface area contributed by atoms with Gasteiger partial charge in [-0.15, -0.1) is 0 Å². The van der Waals surface area contributed by atoms with Crippen molar-refractivity contribution in [1.29, 1.82) is 0 Å². The van der Waals surface area contributed by atoms with E-state index >= 15 is 0 Å². The molecule has 0 saturated heterocycles. The Balaban J connectivity index is 1.65. The highest BCUT2D eigenvalue weighted by molar-refractivity contribution is 7.88. The van der Waals surface area contributed by atoms with Crippen molar-refractivity contribution in [2.75, 3.05) is 52.3 Å². The summed E-state index contributed by atoms with van der Waals surface area (Å²) in [5.41, 5.74) is 0.594. The second kappa shape index (κ2) is 12.8. The lowest BCUT2D eigenvalue weighted by Gasteiger charge is -2.25.